The molecule has 1 N–H and O–H groups in total. The molecule has 0 saturated heterocycles. The molecule has 0 radical (unpaired) electrons. The van der Waals surface area contributed by atoms with Crippen molar-refractivity contribution in [1.29, 1.82) is 0 Å². The van der Waals surface area contributed by atoms with Crippen LogP contribution < -0.4 is 4.74 Å². The molecule has 1 atom stereocenters. The van der Waals surface area contributed by atoms with E-state index in [-0.39, 0.29) is 6.10 Å². The molecule has 0 heterocycles. The molecular weight excluding hydrogens is 212 g/mol. The van der Waals surface area contributed by atoms with Crippen LogP contribution >= 0.6 is 0 Å². The van der Waals surface area contributed by atoms with Gasteiger partial charge in [0.15, 0.2) is 0 Å². The molecule has 1 saturated carbocycles. The summed E-state index contributed by atoms with van der Waals surface area (Å²) in [4.78, 5) is 0. The summed E-state index contributed by atoms with van der Waals surface area (Å²) in [5.41, 5.74) is 2.53. The van der Waals surface area contributed by atoms with E-state index < -0.39 is 0 Å². The van der Waals surface area contributed by atoms with Gasteiger partial charge in [0.2, 0.25) is 0 Å². The number of aryl methyl sites for hydroxylation is 2. The van der Waals surface area contributed by atoms with Gasteiger partial charge in [0, 0.05) is 0 Å². The number of hydrogen-bond donors (Lipinski definition) is 1. The standard InChI is InChI=1S/C15H22O2/c1-11-6-9-15(17-2)13(10-11)4-3-5-14(16)12-7-8-12/h6,9-10,12,14,16H,3-5,7-8H2,1-2H3. The minimum atomic E-state index is -0.0780. The Morgan fingerprint density at radius 1 is 1.41 bits per heavy atom. The van der Waals surface area contributed by atoms with E-state index in [4.69, 9.17) is 4.74 Å². The summed E-state index contributed by atoms with van der Waals surface area (Å²) in [5.74, 6) is 1.56. The Balaban J connectivity index is 1.86. The van der Waals surface area contributed by atoms with Crippen LogP contribution in [0.1, 0.15) is 36.8 Å². The molecule has 0 spiro atoms. The van der Waals surface area contributed by atoms with Gasteiger partial charge in [-0.2, -0.15) is 0 Å². The first-order chi connectivity index (χ1) is 8.20. The summed E-state index contributed by atoms with van der Waals surface area (Å²) in [7, 11) is 1.72. The average molecular weight is 234 g/mol. The SMILES string of the molecule is COc1ccc(C)cc1CCCC(O)C1CC1. The predicted molar refractivity (Wildman–Crippen MR) is 69.4 cm³/mol. The van der Waals surface area contributed by atoms with E-state index in [9.17, 15) is 5.11 Å². The number of ether oxygens (including phenoxy) is 1. The van der Waals surface area contributed by atoms with E-state index >= 15 is 0 Å². The Labute approximate surface area is 104 Å². The highest BCUT2D eigenvalue weighted by Gasteiger charge is 2.28. The van der Waals surface area contributed by atoms with Crippen molar-refractivity contribution in [2.45, 2.75) is 45.1 Å². The average Bonchev–Trinajstić information content (AvgIpc) is 3.13. The van der Waals surface area contributed by atoms with Crippen LogP contribution in [0.25, 0.3) is 0 Å². The number of rotatable bonds is 6. The number of aliphatic hydroxyl groups excluding tert-OH is 1. The summed E-state index contributed by atoms with van der Waals surface area (Å²) < 4.78 is 5.36. The molecule has 2 rings (SSSR count). The lowest BCUT2D eigenvalue weighted by atomic mass is 10.0. The molecule has 0 bridgehead atoms. The first-order valence-electron chi connectivity index (χ1n) is 6.52. The molecule has 2 heteroatoms. The molecule has 1 aromatic rings. The van der Waals surface area contributed by atoms with Crippen molar-refractivity contribution in [1.82, 2.24) is 0 Å². The minimum absolute atomic E-state index is 0.0780. The van der Waals surface area contributed by atoms with Crippen LogP contribution in [-0.2, 0) is 6.42 Å². The molecule has 1 unspecified atom stereocenters. The second kappa shape index (κ2) is 5.54. The molecule has 94 valence electrons. The maximum absolute atomic E-state index is 9.82. The Hall–Kier alpha value is -1.02. The van der Waals surface area contributed by atoms with Crippen molar-refractivity contribution >= 4 is 0 Å². The second-order valence-electron chi connectivity index (χ2n) is 5.11. The Morgan fingerprint density at radius 3 is 2.82 bits per heavy atom. The fourth-order valence-electron chi connectivity index (χ4n) is 2.32. The van der Waals surface area contributed by atoms with Crippen molar-refractivity contribution in [2.24, 2.45) is 5.92 Å². The lowest BCUT2D eigenvalue weighted by Gasteiger charge is -2.11. The fraction of sp³-hybridized carbons (Fsp3) is 0.600. The largest absolute Gasteiger partial charge is 0.496 e. The highest BCUT2D eigenvalue weighted by atomic mass is 16.5. The lowest BCUT2D eigenvalue weighted by Crippen LogP contribution is -2.09. The van der Waals surface area contributed by atoms with Crippen molar-refractivity contribution in [2.75, 3.05) is 7.11 Å². The van der Waals surface area contributed by atoms with Crippen LogP contribution in [0, 0.1) is 12.8 Å². The van der Waals surface area contributed by atoms with Gasteiger partial charge in [-0.25, -0.2) is 0 Å². The molecule has 1 aliphatic rings. The van der Waals surface area contributed by atoms with Gasteiger partial charge in [-0.15, -0.1) is 0 Å². The molecule has 0 amide bonds. The smallest absolute Gasteiger partial charge is 0.122 e. The van der Waals surface area contributed by atoms with Crippen molar-refractivity contribution in [3.8, 4) is 5.75 Å². The Morgan fingerprint density at radius 2 is 2.18 bits per heavy atom. The summed E-state index contributed by atoms with van der Waals surface area (Å²) in [6, 6.07) is 6.28. The summed E-state index contributed by atoms with van der Waals surface area (Å²) >= 11 is 0. The lowest BCUT2D eigenvalue weighted by molar-refractivity contribution is 0.139. The molecular formula is C15H22O2. The number of aliphatic hydroxyl groups is 1. The van der Waals surface area contributed by atoms with Gasteiger partial charge < -0.3 is 9.84 Å². The summed E-state index contributed by atoms with van der Waals surface area (Å²) in [6.07, 6.45) is 5.31. The van der Waals surface area contributed by atoms with Gasteiger partial charge in [-0.1, -0.05) is 17.7 Å². The van der Waals surface area contributed by atoms with E-state index in [1.54, 1.807) is 7.11 Å². The fourth-order valence-corrected chi connectivity index (χ4v) is 2.32. The van der Waals surface area contributed by atoms with Gasteiger partial charge in [0.1, 0.15) is 5.75 Å². The van der Waals surface area contributed by atoms with Crippen molar-refractivity contribution in [3.63, 3.8) is 0 Å². The first-order valence-corrected chi connectivity index (χ1v) is 6.52. The van der Waals surface area contributed by atoms with Gasteiger partial charge in [-0.05, 0) is 56.6 Å². The van der Waals surface area contributed by atoms with Gasteiger partial charge in [0.25, 0.3) is 0 Å². The highest BCUT2D eigenvalue weighted by Crippen LogP contribution is 2.34. The maximum Gasteiger partial charge on any atom is 0.122 e. The van der Waals surface area contributed by atoms with E-state index in [1.807, 2.05) is 6.07 Å². The van der Waals surface area contributed by atoms with Crippen LogP contribution in [0.3, 0.4) is 0 Å². The van der Waals surface area contributed by atoms with E-state index in [1.165, 1.54) is 24.0 Å². The summed E-state index contributed by atoms with van der Waals surface area (Å²) in [5, 5.41) is 9.82. The van der Waals surface area contributed by atoms with Gasteiger partial charge in [-0.3, -0.25) is 0 Å². The molecule has 17 heavy (non-hydrogen) atoms. The third kappa shape index (κ3) is 3.47. The molecule has 1 aromatic carbocycles. The van der Waals surface area contributed by atoms with Crippen LogP contribution in [0.2, 0.25) is 0 Å². The Bertz CT molecular complexity index is 369. The molecule has 2 nitrogen and oxygen atoms in total. The normalized spacial score (nSPS) is 16.9. The second-order valence-corrected chi connectivity index (χ2v) is 5.11. The summed E-state index contributed by atoms with van der Waals surface area (Å²) in [6.45, 7) is 2.10. The Kier molecular flexibility index (Phi) is 4.06. The quantitative estimate of drug-likeness (QED) is 0.819. The van der Waals surface area contributed by atoms with Gasteiger partial charge >= 0.3 is 0 Å². The minimum Gasteiger partial charge on any atom is -0.496 e. The van der Waals surface area contributed by atoms with E-state index in [0.717, 1.165) is 25.0 Å². The predicted octanol–water partition coefficient (Wildman–Crippen LogP) is 3.10. The zero-order chi connectivity index (χ0) is 12.3. The van der Waals surface area contributed by atoms with Crippen molar-refractivity contribution < 1.29 is 9.84 Å². The van der Waals surface area contributed by atoms with E-state index in [2.05, 4.69) is 19.1 Å². The topological polar surface area (TPSA) is 29.5 Å². The van der Waals surface area contributed by atoms with Crippen LogP contribution in [0.15, 0.2) is 18.2 Å². The number of methoxy groups -OCH3 is 1. The van der Waals surface area contributed by atoms with Crippen LogP contribution in [0.4, 0.5) is 0 Å². The first kappa shape index (κ1) is 12.4. The van der Waals surface area contributed by atoms with Crippen LogP contribution in [-0.4, -0.2) is 18.3 Å². The highest BCUT2D eigenvalue weighted by molar-refractivity contribution is 5.36. The van der Waals surface area contributed by atoms with E-state index in [0.29, 0.717) is 5.92 Å². The molecule has 1 fully saturated rings. The third-order valence-corrected chi connectivity index (χ3v) is 3.55. The third-order valence-electron chi connectivity index (χ3n) is 3.55. The molecule has 0 aliphatic heterocycles. The van der Waals surface area contributed by atoms with Gasteiger partial charge in [0.05, 0.1) is 13.2 Å². The maximum atomic E-state index is 9.82. The van der Waals surface area contributed by atoms with Crippen molar-refractivity contribution in [3.05, 3.63) is 29.3 Å². The monoisotopic (exact) mass is 234 g/mol. The molecule has 1 aliphatic carbocycles. The number of benzene rings is 1. The number of hydrogen-bond acceptors (Lipinski definition) is 2. The zero-order valence-electron chi connectivity index (χ0n) is 10.8. The van der Waals surface area contributed by atoms with Crippen LogP contribution in [0.5, 0.6) is 5.75 Å². The molecule has 0 aromatic heterocycles. The zero-order valence-corrected chi connectivity index (χ0v) is 10.8.